The summed E-state index contributed by atoms with van der Waals surface area (Å²) in [7, 11) is 0. The Balaban J connectivity index is 1.46. The predicted molar refractivity (Wildman–Crippen MR) is 144 cm³/mol. The van der Waals surface area contributed by atoms with Crippen LogP contribution < -0.4 is 4.74 Å². The minimum absolute atomic E-state index is 0.0983. The summed E-state index contributed by atoms with van der Waals surface area (Å²) in [5, 5.41) is 9.95. The Morgan fingerprint density at radius 3 is 2.08 bits per heavy atom. The third-order valence-electron chi connectivity index (χ3n) is 6.99. The highest BCUT2D eigenvalue weighted by atomic mass is 16.5. The molecule has 1 N–H and O–H groups in total. The zero-order valence-corrected chi connectivity index (χ0v) is 23.5. The first-order valence-corrected chi connectivity index (χ1v) is 13.6. The summed E-state index contributed by atoms with van der Waals surface area (Å²) in [6.45, 7) is 15.8. The lowest BCUT2D eigenvalue weighted by molar-refractivity contribution is -0.141. The molecule has 1 aromatic rings. The molecule has 3 rings (SSSR count). The third-order valence-corrected chi connectivity index (χ3v) is 6.99. The number of Topliss-reactive ketones (excluding diaryl/α,β-unsaturated/α-hetero) is 1. The molecule has 1 atom stereocenters. The van der Waals surface area contributed by atoms with Gasteiger partial charge in [0.05, 0.1) is 6.61 Å². The van der Waals surface area contributed by atoms with Crippen LogP contribution in [-0.2, 0) is 4.79 Å². The molecule has 0 spiro atoms. The van der Waals surface area contributed by atoms with Gasteiger partial charge in [-0.05, 0) is 76.1 Å². The van der Waals surface area contributed by atoms with E-state index in [0.29, 0.717) is 26.1 Å². The van der Waals surface area contributed by atoms with E-state index >= 15 is 0 Å². The molecule has 206 valence electrons. The van der Waals surface area contributed by atoms with Crippen LogP contribution in [0.4, 0.5) is 4.79 Å². The van der Waals surface area contributed by atoms with Crippen molar-refractivity contribution in [1.29, 1.82) is 0 Å². The van der Waals surface area contributed by atoms with E-state index in [0.717, 1.165) is 50.2 Å². The molecule has 1 aliphatic heterocycles. The average Bonchev–Trinajstić information content (AvgIpc) is 3.65. The van der Waals surface area contributed by atoms with Crippen molar-refractivity contribution in [3.8, 4) is 5.75 Å². The van der Waals surface area contributed by atoms with Gasteiger partial charge in [-0.15, -0.1) is 0 Å². The van der Waals surface area contributed by atoms with E-state index in [-0.39, 0.29) is 23.0 Å². The van der Waals surface area contributed by atoms with Gasteiger partial charge in [-0.1, -0.05) is 20.8 Å². The number of amides is 2. The Morgan fingerprint density at radius 1 is 1.00 bits per heavy atom. The maximum absolute atomic E-state index is 13.6. The smallest absolute Gasteiger partial charge is 0.408 e. The van der Waals surface area contributed by atoms with E-state index in [4.69, 9.17) is 4.74 Å². The topological polar surface area (TPSA) is 90.4 Å². The summed E-state index contributed by atoms with van der Waals surface area (Å²) in [6, 6.07) is 6.73. The highest BCUT2D eigenvalue weighted by Gasteiger charge is 2.41. The number of rotatable bonds is 10. The first-order chi connectivity index (χ1) is 17.3. The van der Waals surface area contributed by atoms with Gasteiger partial charge in [0.25, 0.3) is 0 Å². The third kappa shape index (κ3) is 8.45. The number of ether oxygens (including phenoxy) is 1. The van der Waals surface area contributed by atoms with Crippen LogP contribution >= 0.6 is 0 Å². The average molecular weight is 516 g/mol. The number of carboxylic acid groups (broad SMARTS) is 1. The molecule has 1 aromatic carbocycles. The van der Waals surface area contributed by atoms with Crippen molar-refractivity contribution in [2.75, 3.05) is 39.3 Å². The van der Waals surface area contributed by atoms with Crippen molar-refractivity contribution in [1.82, 2.24) is 14.7 Å². The van der Waals surface area contributed by atoms with Gasteiger partial charge in [0.15, 0.2) is 5.78 Å². The fourth-order valence-electron chi connectivity index (χ4n) is 4.93. The number of carbonyl (C=O) groups is 3. The van der Waals surface area contributed by atoms with Crippen LogP contribution in [0.2, 0.25) is 0 Å². The Morgan fingerprint density at radius 2 is 1.59 bits per heavy atom. The quantitative estimate of drug-likeness (QED) is 0.356. The standard InChI is InChI=1S/C29H45N3O5/c1-28(2,3)20-24(32(27(35)36)29(4,5)6)26(34)31-17-15-30(16-18-31)14-7-19-37-23-12-10-22(11-13-23)25(33)21-8-9-21/h10-13,21,24H,7-9,14-20H2,1-6H3,(H,35,36)/t24-/m1/s1. The molecule has 0 radical (unpaired) electrons. The molecule has 0 bridgehead atoms. The number of hydrogen-bond donors (Lipinski definition) is 1. The summed E-state index contributed by atoms with van der Waals surface area (Å²) in [5.41, 5.74) is -0.0958. The monoisotopic (exact) mass is 515 g/mol. The summed E-state index contributed by atoms with van der Waals surface area (Å²) < 4.78 is 5.86. The number of nitrogens with zero attached hydrogens (tertiary/aromatic N) is 3. The SMILES string of the molecule is CC(C)(C)C[C@H](C(=O)N1CCN(CCCOc2ccc(C(=O)C3CC3)cc2)CC1)N(C(=O)O)C(C)(C)C. The zero-order valence-electron chi connectivity index (χ0n) is 23.5. The molecule has 1 heterocycles. The zero-order chi connectivity index (χ0) is 27.4. The van der Waals surface area contributed by atoms with E-state index < -0.39 is 17.7 Å². The molecule has 2 fully saturated rings. The van der Waals surface area contributed by atoms with Gasteiger partial charge in [-0.25, -0.2) is 4.79 Å². The molecule has 1 aliphatic carbocycles. The molecule has 2 amide bonds. The Labute approximate surface area is 221 Å². The van der Waals surface area contributed by atoms with Crippen molar-refractivity contribution in [2.24, 2.45) is 11.3 Å². The van der Waals surface area contributed by atoms with Gasteiger partial charge in [-0.2, -0.15) is 0 Å². The predicted octanol–water partition coefficient (Wildman–Crippen LogP) is 4.78. The van der Waals surface area contributed by atoms with Gasteiger partial charge >= 0.3 is 6.09 Å². The number of piperazine rings is 1. The van der Waals surface area contributed by atoms with Crippen molar-refractivity contribution in [2.45, 2.75) is 78.8 Å². The summed E-state index contributed by atoms with van der Waals surface area (Å²) in [4.78, 5) is 43.3. The van der Waals surface area contributed by atoms with Crippen LogP contribution in [0.1, 0.15) is 77.6 Å². The summed E-state index contributed by atoms with van der Waals surface area (Å²) in [5.74, 6) is 1.14. The van der Waals surface area contributed by atoms with E-state index in [9.17, 15) is 19.5 Å². The van der Waals surface area contributed by atoms with Gasteiger partial charge in [-0.3, -0.25) is 19.4 Å². The Kier molecular flexibility index (Phi) is 9.27. The Hall–Kier alpha value is -2.61. The van der Waals surface area contributed by atoms with Gasteiger partial charge < -0.3 is 14.7 Å². The molecule has 1 saturated heterocycles. The van der Waals surface area contributed by atoms with E-state index in [2.05, 4.69) is 4.90 Å². The highest BCUT2D eigenvalue weighted by molar-refractivity contribution is 5.99. The van der Waals surface area contributed by atoms with E-state index in [1.165, 1.54) is 4.90 Å². The number of carbonyl (C=O) groups excluding carboxylic acids is 2. The highest BCUT2D eigenvalue weighted by Crippen LogP contribution is 2.33. The first-order valence-electron chi connectivity index (χ1n) is 13.6. The molecule has 0 unspecified atom stereocenters. The number of benzene rings is 1. The second kappa shape index (κ2) is 11.8. The van der Waals surface area contributed by atoms with Crippen molar-refractivity contribution in [3.05, 3.63) is 29.8 Å². The fraction of sp³-hybridized carbons (Fsp3) is 0.690. The number of hydrogen-bond acceptors (Lipinski definition) is 5. The van der Waals surface area contributed by atoms with Gasteiger partial charge in [0, 0.05) is 49.7 Å². The Bertz CT molecular complexity index is 936. The minimum atomic E-state index is -1.06. The van der Waals surface area contributed by atoms with E-state index in [1.807, 2.05) is 70.7 Å². The maximum Gasteiger partial charge on any atom is 0.408 e. The van der Waals surface area contributed by atoms with Crippen molar-refractivity contribution >= 4 is 17.8 Å². The normalized spacial score (nSPS) is 17.8. The lowest BCUT2D eigenvalue weighted by Crippen LogP contribution is -2.60. The number of ketones is 1. The van der Waals surface area contributed by atoms with Gasteiger partial charge in [0.2, 0.25) is 5.91 Å². The first kappa shape index (κ1) is 29.0. The van der Waals surface area contributed by atoms with E-state index in [1.54, 1.807) is 0 Å². The second-order valence-electron chi connectivity index (χ2n) is 12.6. The molecular weight excluding hydrogens is 470 g/mol. The maximum atomic E-state index is 13.6. The molecular formula is C29H45N3O5. The second-order valence-corrected chi connectivity index (χ2v) is 12.6. The minimum Gasteiger partial charge on any atom is -0.494 e. The van der Waals surface area contributed by atoms with Crippen LogP contribution in [0.15, 0.2) is 24.3 Å². The largest absolute Gasteiger partial charge is 0.494 e. The van der Waals surface area contributed by atoms with Crippen LogP contribution in [0.25, 0.3) is 0 Å². The van der Waals surface area contributed by atoms with Crippen LogP contribution in [0, 0.1) is 11.3 Å². The molecule has 8 heteroatoms. The molecule has 0 aromatic heterocycles. The summed E-state index contributed by atoms with van der Waals surface area (Å²) in [6.07, 6.45) is 2.30. The van der Waals surface area contributed by atoms with Crippen molar-refractivity contribution < 1.29 is 24.2 Å². The molecule has 1 saturated carbocycles. The van der Waals surface area contributed by atoms with Gasteiger partial charge in [0.1, 0.15) is 11.8 Å². The van der Waals surface area contributed by atoms with Crippen LogP contribution in [0.3, 0.4) is 0 Å². The fourth-order valence-corrected chi connectivity index (χ4v) is 4.93. The van der Waals surface area contributed by atoms with Crippen LogP contribution in [-0.4, -0.2) is 88.5 Å². The van der Waals surface area contributed by atoms with Crippen molar-refractivity contribution in [3.63, 3.8) is 0 Å². The summed E-state index contributed by atoms with van der Waals surface area (Å²) >= 11 is 0. The molecule has 8 nitrogen and oxygen atoms in total. The lowest BCUT2D eigenvalue weighted by atomic mass is 9.85. The molecule has 37 heavy (non-hydrogen) atoms. The van der Waals surface area contributed by atoms with Crippen LogP contribution in [0.5, 0.6) is 5.75 Å². The molecule has 2 aliphatic rings. The lowest BCUT2D eigenvalue weighted by Gasteiger charge is -2.44.